The molecule has 1 aliphatic rings. The fourth-order valence-corrected chi connectivity index (χ4v) is 3.27. The Hall–Kier alpha value is -2.65. The van der Waals surface area contributed by atoms with E-state index in [1.54, 1.807) is 19.1 Å². The molecule has 0 atom stereocenters. The fraction of sp³-hybridized carbons (Fsp3) is 0.136. The van der Waals surface area contributed by atoms with E-state index in [1.165, 1.54) is 6.07 Å². The molecule has 2 nitrogen and oxygen atoms in total. The van der Waals surface area contributed by atoms with Crippen LogP contribution in [-0.2, 0) is 7.05 Å². The summed E-state index contributed by atoms with van der Waals surface area (Å²) in [5, 5.41) is 0.595. The van der Waals surface area contributed by atoms with Gasteiger partial charge in [0.1, 0.15) is 12.9 Å². The molecule has 4 heteroatoms. The van der Waals surface area contributed by atoms with Crippen LogP contribution in [-0.4, -0.2) is 4.90 Å². The van der Waals surface area contributed by atoms with Crippen LogP contribution in [0.15, 0.2) is 79.4 Å². The van der Waals surface area contributed by atoms with E-state index in [0.717, 1.165) is 28.9 Å². The molecule has 26 heavy (non-hydrogen) atoms. The van der Waals surface area contributed by atoms with Crippen LogP contribution >= 0.6 is 11.6 Å². The maximum atomic E-state index is 13.7. The largest absolute Gasteiger partial charge is 0.323 e. The Balaban J connectivity index is 2.09. The number of pyridine rings is 1. The van der Waals surface area contributed by atoms with Crippen molar-refractivity contribution in [3.63, 3.8) is 0 Å². The SMILES string of the molecule is C=CC1=CCC=CN1C=C(Cl)c1ccc[n+](C)c1-c1ccc(F)c(C)c1. The molecule has 0 N–H and O–H groups in total. The molecule has 1 aromatic heterocycles. The molecule has 0 fully saturated rings. The van der Waals surface area contributed by atoms with E-state index in [9.17, 15) is 4.39 Å². The number of hydrogen-bond acceptors (Lipinski definition) is 1. The van der Waals surface area contributed by atoms with Crippen molar-refractivity contribution in [2.45, 2.75) is 13.3 Å². The third kappa shape index (κ3) is 3.63. The second-order valence-corrected chi connectivity index (χ2v) is 6.59. The molecule has 0 amide bonds. The smallest absolute Gasteiger partial charge is 0.221 e. The summed E-state index contributed by atoms with van der Waals surface area (Å²) in [5.74, 6) is -0.213. The van der Waals surface area contributed by atoms with Gasteiger partial charge in [-0.3, -0.25) is 0 Å². The zero-order chi connectivity index (χ0) is 18.7. The summed E-state index contributed by atoms with van der Waals surface area (Å²) >= 11 is 6.70. The number of hydrogen-bond donors (Lipinski definition) is 0. The molecule has 0 saturated heterocycles. The Labute approximate surface area is 158 Å². The van der Waals surface area contributed by atoms with Crippen LogP contribution in [0.2, 0.25) is 0 Å². The third-order valence-electron chi connectivity index (χ3n) is 4.36. The van der Waals surface area contributed by atoms with Crippen LogP contribution < -0.4 is 4.57 Å². The van der Waals surface area contributed by atoms with Gasteiger partial charge in [0.2, 0.25) is 5.69 Å². The minimum atomic E-state index is -0.213. The lowest BCUT2D eigenvalue weighted by Gasteiger charge is -2.20. The normalized spacial score (nSPS) is 14.4. The van der Waals surface area contributed by atoms with Crippen LogP contribution in [0, 0.1) is 12.7 Å². The lowest BCUT2D eigenvalue weighted by atomic mass is 10.0. The Kier molecular flexibility index (Phi) is 5.38. The highest BCUT2D eigenvalue weighted by Crippen LogP contribution is 2.30. The number of allylic oxidation sites excluding steroid dienone is 3. The van der Waals surface area contributed by atoms with Crippen molar-refractivity contribution in [2.24, 2.45) is 7.05 Å². The van der Waals surface area contributed by atoms with Crippen LogP contribution in [0.4, 0.5) is 4.39 Å². The molecule has 2 aromatic rings. The van der Waals surface area contributed by atoms with Gasteiger partial charge >= 0.3 is 0 Å². The molecule has 1 aromatic carbocycles. The molecular weight excluding hydrogens is 347 g/mol. The van der Waals surface area contributed by atoms with Crippen LogP contribution in [0.5, 0.6) is 0 Å². The summed E-state index contributed by atoms with van der Waals surface area (Å²) in [6.07, 6.45) is 12.6. The number of rotatable bonds is 4. The molecule has 1 aliphatic heterocycles. The molecule has 2 heterocycles. The highest BCUT2D eigenvalue weighted by Gasteiger charge is 2.19. The monoisotopic (exact) mass is 367 g/mol. The van der Waals surface area contributed by atoms with E-state index >= 15 is 0 Å². The summed E-state index contributed by atoms with van der Waals surface area (Å²) < 4.78 is 15.7. The molecule has 0 unspecified atom stereocenters. The Bertz CT molecular complexity index is 941. The summed E-state index contributed by atoms with van der Waals surface area (Å²) in [7, 11) is 1.96. The quantitative estimate of drug-likeness (QED) is 0.651. The van der Waals surface area contributed by atoms with Crippen molar-refractivity contribution >= 4 is 16.6 Å². The first kappa shape index (κ1) is 18.2. The van der Waals surface area contributed by atoms with Gasteiger partial charge in [0.05, 0.1) is 10.6 Å². The van der Waals surface area contributed by atoms with Gasteiger partial charge in [-0.1, -0.05) is 30.3 Å². The van der Waals surface area contributed by atoms with Gasteiger partial charge in [0.25, 0.3) is 0 Å². The predicted octanol–water partition coefficient (Wildman–Crippen LogP) is 5.45. The molecule has 0 radical (unpaired) electrons. The number of halogens is 2. The molecule has 0 spiro atoms. The summed E-state index contributed by atoms with van der Waals surface area (Å²) in [6.45, 7) is 5.62. The first-order chi connectivity index (χ1) is 12.5. The third-order valence-corrected chi connectivity index (χ3v) is 4.66. The number of aromatic nitrogens is 1. The Morgan fingerprint density at radius 2 is 2.15 bits per heavy atom. The second-order valence-electron chi connectivity index (χ2n) is 6.18. The van der Waals surface area contributed by atoms with E-state index in [-0.39, 0.29) is 5.82 Å². The Morgan fingerprint density at radius 3 is 2.88 bits per heavy atom. The fourth-order valence-electron chi connectivity index (χ4n) is 3.01. The summed E-state index contributed by atoms with van der Waals surface area (Å²) in [5.41, 5.74) is 4.33. The molecule has 0 aliphatic carbocycles. The standard InChI is InChI=1S/C22H21ClFN2/c1-4-18-8-5-6-13-26(18)15-20(23)19-9-7-12-25(3)22(19)17-10-11-21(24)16(2)14-17/h4,6-15H,1,5H2,2-3H3/q+1. The minimum Gasteiger partial charge on any atom is -0.323 e. The van der Waals surface area contributed by atoms with E-state index in [0.29, 0.717) is 10.6 Å². The highest BCUT2D eigenvalue weighted by atomic mass is 35.5. The zero-order valence-corrected chi connectivity index (χ0v) is 15.7. The van der Waals surface area contributed by atoms with Crippen LogP contribution in [0.3, 0.4) is 0 Å². The number of aryl methyl sites for hydroxylation is 2. The van der Waals surface area contributed by atoms with Crippen molar-refractivity contribution in [3.05, 3.63) is 96.4 Å². The highest BCUT2D eigenvalue weighted by molar-refractivity contribution is 6.49. The Morgan fingerprint density at radius 1 is 1.35 bits per heavy atom. The van der Waals surface area contributed by atoms with Crippen molar-refractivity contribution in [2.75, 3.05) is 0 Å². The molecule has 0 saturated carbocycles. The zero-order valence-electron chi connectivity index (χ0n) is 14.9. The molecule has 0 bridgehead atoms. The number of benzene rings is 1. The van der Waals surface area contributed by atoms with Crippen LogP contribution in [0.1, 0.15) is 17.5 Å². The average Bonchev–Trinajstić information content (AvgIpc) is 2.64. The van der Waals surface area contributed by atoms with Gasteiger partial charge in [-0.15, -0.1) is 0 Å². The molecule has 132 valence electrons. The van der Waals surface area contributed by atoms with Gasteiger partial charge in [0.15, 0.2) is 6.20 Å². The summed E-state index contributed by atoms with van der Waals surface area (Å²) in [6, 6.07) is 9.03. The van der Waals surface area contributed by atoms with Crippen molar-refractivity contribution in [1.29, 1.82) is 0 Å². The van der Waals surface area contributed by atoms with E-state index < -0.39 is 0 Å². The van der Waals surface area contributed by atoms with Crippen molar-refractivity contribution < 1.29 is 8.96 Å². The number of nitrogens with zero attached hydrogens (tertiary/aromatic N) is 2. The molecular formula is C22H21ClFN2+. The van der Waals surface area contributed by atoms with E-state index in [2.05, 4.69) is 18.7 Å². The maximum absolute atomic E-state index is 13.7. The van der Waals surface area contributed by atoms with Gasteiger partial charge in [0, 0.05) is 29.7 Å². The van der Waals surface area contributed by atoms with E-state index in [4.69, 9.17) is 11.6 Å². The van der Waals surface area contributed by atoms with Crippen molar-refractivity contribution in [3.8, 4) is 11.3 Å². The first-order valence-electron chi connectivity index (χ1n) is 8.41. The lowest BCUT2D eigenvalue weighted by molar-refractivity contribution is -0.660. The molecule has 3 rings (SSSR count). The van der Waals surface area contributed by atoms with Crippen molar-refractivity contribution in [1.82, 2.24) is 4.90 Å². The first-order valence-corrected chi connectivity index (χ1v) is 8.79. The van der Waals surface area contributed by atoms with E-state index in [1.807, 2.05) is 53.3 Å². The predicted molar refractivity (Wildman–Crippen MR) is 105 cm³/mol. The van der Waals surface area contributed by atoms with Gasteiger partial charge in [-0.2, -0.15) is 0 Å². The summed E-state index contributed by atoms with van der Waals surface area (Å²) in [4.78, 5) is 1.95. The van der Waals surface area contributed by atoms with Gasteiger partial charge < -0.3 is 4.90 Å². The topological polar surface area (TPSA) is 7.12 Å². The lowest BCUT2D eigenvalue weighted by Crippen LogP contribution is -2.31. The van der Waals surface area contributed by atoms with Gasteiger partial charge in [-0.25, -0.2) is 8.96 Å². The maximum Gasteiger partial charge on any atom is 0.221 e. The minimum absolute atomic E-state index is 0.213. The average molecular weight is 368 g/mol. The van der Waals surface area contributed by atoms with Crippen LogP contribution in [0.25, 0.3) is 16.3 Å². The van der Waals surface area contributed by atoms with Gasteiger partial charge in [-0.05, 0) is 49.2 Å². The second kappa shape index (κ2) is 7.71.